The Balaban J connectivity index is 1.13. The predicted molar refractivity (Wildman–Crippen MR) is 250 cm³/mol. The molecule has 0 aliphatic rings. The molecule has 0 spiro atoms. The summed E-state index contributed by atoms with van der Waals surface area (Å²) in [7, 11) is 0.562. The largest absolute Gasteiger partial charge is 0.491 e. The average Bonchev–Trinajstić information content (AvgIpc) is 3.46. The van der Waals surface area contributed by atoms with Crippen molar-refractivity contribution in [1.82, 2.24) is 0 Å². The summed E-state index contributed by atoms with van der Waals surface area (Å²) in [6, 6.07) is 28.4. The van der Waals surface area contributed by atoms with Crippen molar-refractivity contribution in [3.63, 3.8) is 0 Å². The summed E-state index contributed by atoms with van der Waals surface area (Å²) in [5.74, 6) is -26.2. The van der Waals surface area contributed by atoms with Gasteiger partial charge in [0.15, 0.2) is 34.8 Å². The molecular formula is C57H30F14N2O4. The standard InChI is InChI=1S/C57H30F14N2O4/c1-27-7-4-9-30(23-27)52(74)38-24-29(13-22-37(38)36-11-5-8-28(2)39(36)25-72)35-10-6-12-41(40(35)26-73)76-33-18-14-31(15-19-33)55(56(66,67)68,57(69,70)71)32-16-20-34(21-17-32)77-54-50(64)46(60)43(47(61)51(54)65)42-44(58)48(62)53(75-3)49(63)45(42)59/h4-24H,1-3H3. The molecule has 8 rings (SSSR count). The van der Waals surface area contributed by atoms with Gasteiger partial charge in [-0.3, -0.25) is 4.79 Å². The fourth-order valence-electron chi connectivity index (χ4n) is 8.79. The maximum atomic E-state index is 15.3. The second-order valence-electron chi connectivity index (χ2n) is 17.0. The van der Waals surface area contributed by atoms with E-state index in [1.807, 2.05) is 6.07 Å². The summed E-state index contributed by atoms with van der Waals surface area (Å²) in [6.45, 7) is 3.52. The Kier molecular flexibility index (Phi) is 14.4. The Bertz CT molecular complexity index is 3700. The predicted octanol–water partition coefficient (Wildman–Crippen LogP) is 16.4. The molecule has 0 atom stereocenters. The number of ether oxygens (including phenoxy) is 3. The molecule has 0 aliphatic heterocycles. The van der Waals surface area contributed by atoms with E-state index in [1.165, 1.54) is 24.3 Å². The van der Waals surface area contributed by atoms with Crippen LogP contribution in [0.1, 0.15) is 49.3 Å². The van der Waals surface area contributed by atoms with Crippen LogP contribution < -0.4 is 14.2 Å². The normalized spacial score (nSPS) is 11.7. The number of benzene rings is 8. The average molecular weight is 1070 g/mol. The maximum Gasteiger partial charge on any atom is 0.411 e. The van der Waals surface area contributed by atoms with Crippen LogP contribution in [-0.2, 0) is 5.41 Å². The van der Waals surface area contributed by atoms with Crippen molar-refractivity contribution in [2.45, 2.75) is 31.6 Å². The van der Waals surface area contributed by atoms with Gasteiger partial charge in [0.2, 0.25) is 34.4 Å². The quantitative estimate of drug-likeness (QED) is 0.0688. The van der Waals surface area contributed by atoms with Crippen LogP contribution in [0.5, 0.6) is 28.7 Å². The number of ketones is 1. The van der Waals surface area contributed by atoms with Gasteiger partial charge in [-0.05, 0) is 84.1 Å². The molecule has 0 unspecified atom stereocenters. The van der Waals surface area contributed by atoms with Crippen LogP contribution in [0.4, 0.5) is 61.5 Å². The van der Waals surface area contributed by atoms with Gasteiger partial charge in [-0.15, -0.1) is 0 Å². The molecule has 77 heavy (non-hydrogen) atoms. The van der Waals surface area contributed by atoms with E-state index in [4.69, 9.17) is 9.47 Å². The van der Waals surface area contributed by atoms with Crippen molar-refractivity contribution < 1.29 is 80.5 Å². The number of nitriles is 2. The van der Waals surface area contributed by atoms with Crippen LogP contribution in [0, 0.1) is 83.0 Å². The van der Waals surface area contributed by atoms with Crippen LogP contribution in [0.15, 0.2) is 127 Å². The summed E-state index contributed by atoms with van der Waals surface area (Å²) in [5, 5.41) is 20.5. The van der Waals surface area contributed by atoms with Crippen molar-refractivity contribution in [3.8, 4) is 74.3 Å². The molecule has 0 N–H and O–H groups in total. The molecule has 6 nitrogen and oxygen atoms in total. The molecule has 390 valence electrons. The molecule has 0 saturated heterocycles. The highest BCUT2D eigenvalue weighted by molar-refractivity contribution is 6.14. The molecule has 0 aliphatic carbocycles. The zero-order chi connectivity index (χ0) is 56.1. The van der Waals surface area contributed by atoms with Crippen LogP contribution in [0.25, 0.3) is 33.4 Å². The molecule has 0 fully saturated rings. The third-order valence-electron chi connectivity index (χ3n) is 12.4. The lowest BCUT2D eigenvalue weighted by Crippen LogP contribution is -2.54. The first kappa shape index (κ1) is 54.1. The number of rotatable bonds is 12. The van der Waals surface area contributed by atoms with Crippen LogP contribution in [-0.4, -0.2) is 25.2 Å². The number of aryl methyl sites for hydroxylation is 2. The van der Waals surface area contributed by atoms with Gasteiger partial charge >= 0.3 is 12.4 Å². The number of halogens is 14. The lowest BCUT2D eigenvalue weighted by Gasteiger charge is -2.38. The Morgan fingerprint density at radius 1 is 0.494 bits per heavy atom. The minimum Gasteiger partial charge on any atom is -0.491 e. The van der Waals surface area contributed by atoms with Gasteiger partial charge in [0, 0.05) is 22.3 Å². The maximum absolute atomic E-state index is 15.3. The van der Waals surface area contributed by atoms with Crippen molar-refractivity contribution in [2.24, 2.45) is 0 Å². The molecule has 20 heteroatoms. The number of hydrogen-bond acceptors (Lipinski definition) is 6. The minimum absolute atomic E-state index is 0.155. The van der Waals surface area contributed by atoms with Crippen molar-refractivity contribution >= 4 is 5.78 Å². The molecule has 0 bridgehead atoms. The first-order chi connectivity index (χ1) is 36.4. The van der Waals surface area contributed by atoms with Gasteiger partial charge in [0.25, 0.3) is 0 Å². The third kappa shape index (κ3) is 9.30. The second kappa shape index (κ2) is 20.5. The summed E-state index contributed by atoms with van der Waals surface area (Å²) >= 11 is 0. The van der Waals surface area contributed by atoms with Crippen LogP contribution in [0.3, 0.4) is 0 Å². The van der Waals surface area contributed by atoms with E-state index in [0.717, 1.165) is 17.7 Å². The van der Waals surface area contributed by atoms with Gasteiger partial charge in [-0.2, -0.15) is 54.4 Å². The first-order valence-electron chi connectivity index (χ1n) is 22.2. The van der Waals surface area contributed by atoms with E-state index in [0.29, 0.717) is 64.8 Å². The van der Waals surface area contributed by atoms with Crippen molar-refractivity contribution in [1.29, 1.82) is 10.5 Å². The molecule has 8 aromatic rings. The zero-order valence-electron chi connectivity index (χ0n) is 39.4. The Morgan fingerprint density at radius 3 is 1.47 bits per heavy atom. The van der Waals surface area contributed by atoms with E-state index >= 15 is 43.9 Å². The topological polar surface area (TPSA) is 92.3 Å². The van der Waals surface area contributed by atoms with Crippen molar-refractivity contribution in [2.75, 3.05) is 7.11 Å². The number of hydrogen-bond donors (Lipinski definition) is 0. The smallest absolute Gasteiger partial charge is 0.411 e. The monoisotopic (exact) mass is 1070 g/mol. The fraction of sp³-hybridized carbons (Fsp3) is 0.105. The molecule has 0 radical (unpaired) electrons. The van der Waals surface area contributed by atoms with Gasteiger partial charge in [0.05, 0.1) is 23.8 Å². The number of methoxy groups -OCH3 is 1. The highest BCUT2D eigenvalue weighted by Gasteiger charge is 2.72. The van der Waals surface area contributed by atoms with Gasteiger partial charge in [0.1, 0.15) is 35.0 Å². The Labute approximate surface area is 427 Å². The van der Waals surface area contributed by atoms with E-state index in [2.05, 4.69) is 10.8 Å². The van der Waals surface area contributed by atoms with Gasteiger partial charge in [-0.25, -0.2) is 17.6 Å². The first-order valence-corrected chi connectivity index (χ1v) is 22.2. The van der Waals surface area contributed by atoms with Gasteiger partial charge < -0.3 is 14.2 Å². The highest BCUT2D eigenvalue weighted by atomic mass is 19.4. The van der Waals surface area contributed by atoms with E-state index in [1.54, 1.807) is 68.4 Å². The third-order valence-corrected chi connectivity index (χ3v) is 12.4. The van der Waals surface area contributed by atoms with Crippen molar-refractivity contribution in [3.05, 3.63) is 218 Å². The highest BCUT2D eigenvalue weighted by Crippen LogP contribution is 2.57. The van der Waals surface area contributed by atoms with Gasteiger partial charge in [-0.1, -0.05) is 90.5 Å². The Morgan fingerprint density at radius 2 is 0.974 bits per heavy atom. The summed E-state index contributed by atoms with van der Waals surface area (Å²) in [6.07, 6.45) is -12.4. The van der Waals surface area contributed by atoms with E-state index < -0.39 is 110 Å². The van der Waals surface area contributed by atoms with Crippen LogP contribution in [0.2, 0.25) is 0 Å². The Hall–Kier alpha value is -9.17. The molecule has 0 heterocycles. The molecule has 0 amide bonds. The molecular weight excluding hydrogens is 1040 g/mol. The lowest BCUT2D eigenvalue weighted by atomic mass is 9.73. The fourth-order valence-corrected chi connectivity index (χ4v) is 8.79. The number of carbonyl (C=O) groups excluding carboxylic acids is 1. The number of carbonyl (C=O) groups is 1. The summed E-state index contributed by atoms with van der Waals surface area (Å²) < 4.78 is 225. The number of alkyl halides is 6. The zero-order valence-corrected chi connectivity index (χ0v) is 39.4. The molecule has 0 saturated carbocycles. The molecule has 0 aromatic heterocycles. The minimum atomic E-state index is -6.21. The van der Waals surface area contributed by atoms with E-state index in [9.17, 15) is 32.9 Å². The second-order valence-corrected chi connectivity index (χ2v) is 17.0. The number of nitrogens with zero attached hydrogens (tertiary/aromatic N) is 2. The van der Waals surface area contributed by atoms with Crippen LogP contribution >= 0.6 is 0 Å². The van der Waals surface area contributed by atoms with E-state index in [-0.39, 0.29) is 40.3 Å². The summed E-state index contributed by atoms with van der Waals surface area (Å²) in [4.78, 5) is 14.2. The SMILES string of the molecule is COc1c(F)c(F)c(-c2c(F)c(F)c(Oc3ccc(C(c4ccc(Oc5cccc(-c6ccc(-c7cccc(C)c7C#N)c(C(=O)c7cccc(C)c7)c6)c5C#N)cc4)(C(F)(F)F)C(F)(F)F)cc3)c(F)c2F)c(F)c1F. The molecule has 8 aromatic carbocycles. The summed E-state index contributed by atoms with van der Waals surface area (Å²) in [5.41, 5.74) is -9.05. The lowest BCUT2D eigenvalue weighted by molar-refractivity contribution is -0.288.